The molecule has 0 heterocycles. The Balaban J connectivity index is 3.03. The minimum atomic E-state index is -0.472. The number of aliphatic hydroxyl groups is 1. The van der Waals surface area contributed by atoms with Crippen LogP contribution in [0.25, 0.3) is 6.08 Å². The van der Waals surface area contributed by atoms with Crippen molar-refractivity contribution < 1.29 is 14.6 Å². The summed E-state index contributed by atoms with van der Waals surface area (Å²) in [5, 5.41) is 9.19. The molecule has 88 valence electrons. The van der Waals surface area contributed by atoms with Gasteiger partial charge in [0.05, 0.1) is 19.8 Å². The van der Waals surface area contributed by atoms with Gasteiger partial charge in [0, 0.05) is 5.56 Å². The van der Waals surface area contributed by atoms with E-state index in [4.69, 9.17) is 9.47 Å². The van der Waals surface area contributed by atoms with Gasteiger partial charge in [-0.15, -0.1) is 0 Å². The van der Waals surface area contributed by atoms with Gasteiger partial charge in [0.15, 0.2) is 11.5 Å². The fourth-order valence-corrected chi connectivity index (χ4v) is 1.39. The van der Waals surface area contributed by atoms with Crippen LogP contribution in [-0.4, -0.2) is 24.9 Å². The van der Waals surface area contributed by atoms with E-state index in [-0.39, 0.29) is 0 Å². The van der Waals surface area contributed by atoms with Crippen molar-refractivity contribution in [3.05, 3.63) is 29.8 Å². The van der Waals surface area contributed by atoms with Crippen molar-refractivity contribution in [2.45, 2.75) is 20.0 Å². The van der Waals surface area contributed by atoms with Gasteiger partial charge in [-0.1, -0.05) is 24.3 Å². The maximum Gasteiger partial charge on any atom is 0.167 e. The highest BCUT2D eigenvalue weighted by molar-refractivity contribution is 5.62. The van der Waals surface area contributed by atoms with Crippen LogP contribution in [0.4, 0.5) is 0 Å². The molecule has 0 aromatic heterocycles. The summed E-state index contributed by atoms with van der Waals surface area (Å²) < 4.78 is 10.8. The zero-order chi connectivity index (χ0) is 12.0. The van der Waals surface area contributed by atoms with E-state index in [1.165, 1.54) is 0 Å². The number of hydrogen-bond acceptors (Lipinski definition) is 3. The van der Waals surface area contributed by atoms with Crippen LogP contribution >= 0.6 is 0 Å². The van der Waals surface area contributed by atoms with Crippen molar-refractivity contribution in [2.75, 3.05) is 13.7 Å². The Morgan fingerprint density at radius 3 is 2.75 bits per heavy atom. The molecule has 0 amide bonds. The molecule has 1 unspecified atom stereocenters. The van der Waals surface area contributed by atoms with E-state index in [1.54, 1.807) is 20.1 Å². The van der Waals surface area contributed by atoms with Crippen molar-refractivity contribution >= 4 is 6.08 Å². The monoisotopic (exact) mass is 222 g/mol. The highest BCUT2D eigenvalue weighted by atomic mass is 16.5. The summed E-state index contributed by atoms with van der Waals surface area (Å²) in [6, 6.07) is 5.68. The van der Waals surface area contributed by atoms with Crippen LogP contribution in [0.15, 0.2) is 24.3 Å². The SMILES string of the molecule is CCOc1cccc(/C=C/C(C)O)c1OC. The van der Waals surface area contributed by atoms with E-state index < -0.39 is 6.10 Å². The third kappa shape index (κ3) is 3.28. The van der Waals surface area contributed by atoms with Crippen LogP contribution in [-0.2, 0) is 0 Å². The van der Waals surface area contributed by atoms with Crippen molar-refractivity contribution in [3.8, 4) is 11.5 Å². The smallest absolute Gasteiger partial charge is 0.167 e. The summed E-state index contributed by atoms with van der Waals surface area (Å²) in [5.74, 6) is 1.42. The lowest BCUT2D eigenvalue weighted by molar-refractivity contribution is 0.245. The predicted molar refractivity (Wildman–Crippen MR) is 64.9 cm³/mol. The summed E-state index contributed by atoms with van der Waals surface area (Å²) in [4.78, 5) is 0. The lowest BCUT2D eigenvalue weighted by Crippen LogP contribution is -1.97. The van der Waals surface area contributed by atoms with Gasteiger partial charge in [0.25, 0.3) is 0 Å². The highest BCUT2D eigenvalue weighted by Crippen LogP contribution is 2.31. The first-order chi connectivity index (χ1) is 7.69. The van der Waals surface area contributed by atoms with Gasteiger partial charge in [0.2, 0.25) is 0 Å². The molecule has 1 N–H and O–H groups in total. The number of para-hydroxylation sites is 1. The number of methoxy groups -OCH3 is 1. The number of benzene rings is 1. The first-order valence-electron chi connectivity index (χ1n) is 5.35. The molecule has 1 aromatic carbocycles. The van der Waals surface area contributed by atoms with Gasteiger partial charge in [-0.25, -0.2) is 0 Å². The maximum atomic E-state index is 9.19. The van der Waals surface area contributed by atoms with Gasteiger partial charge < -0.3 is 14.6 Å². The number of aliphatic hydroxyl groups excluding tert-OH is 1. The Hall–Kier alpha value is -1.48. The van der Waals surface area contributed by atoms with Crippen LogP contribution in [0, 0.1) is 0 Å². The summed E-state index contributed by atoms with van der Waals surface area (Å²) in [6.07, 6.45) is 3.06. The van der Waals surface area contributed by atoms with E-state index in [1.807, 2.05) is 31.2 Å². The van der Waals surface area contributed by atoms with Crippen LogP contribution in [0.2, 0.25) is 0 Å². The van der Waals surface area contributed by atoms with Crippen LogP contribution in [0.5, 0.6) is 11.5 Å². The molecule has 0 saturated carbocycles. The van der Waals surface area contributed by atoms with Gasteiger partial charge in [-0.2, -0.15) is 0 Å². The Morgan fingerprint density at radius 2 is 2.19 bits per heavy atom. The standard InChI is InChI=1S/C13H18O3/c1-4-16-12-7-5-6-11(13(12)15-3)9-8-10(2)14/h5-10,14H,4H2,1-3H3/b9-8+. The number of ether oxygens (including phenoxy) is 2. The molecule has 0 bridgehead atoms. The molecule has 1 aromatic rings. The van der Waals surface area contributed by atoms with E-state index in [0.717, 1.165) is 11.3 Å². The average Bonchev–Trinajstić information content (AvgIpc) is 2.27. The van der Waals surface area contributed by atoms with Gasteiger partial charge in [-0.05, 0) is 19.9 Å². The molecule has 0 saturated heterocycles. The Morgan fingerprint density at radius 1 is 1.44 bits per heavy atom. The molecule has 0 radical (unpaired) electrons. The second-order valence-electron chi connectivity index (χ2n) is 3.41. The molecule has 16 heavy (non-hydrogen) atoms. The second-order valence-corrected chi connectivity index (χ2v) is 3.41. The molecule has 0 fully saturated rings. The third-order valence-corrected chi connectivity index (χ3v) is 2.07. The largest absolute Gasteiger partial charge is 0.492 e. The quantitative estimate of drug-likeness (QED) is 0.831. The van der Waals surface area contributed by atoms with Gasteiger partial charge in [-0.3, -0.25) is 0 Å². The number of hydrogen-bond donors (Lipinski definition) is 1. The van der Waals surface area contributed by atoms with Gasteiger partial charge >= 0.3 is 0 Å². The minimum Gasteiger partial charge on any atom is -0.492 e. The fourth-order valence-electron chi connectivity index (χ4n) is 1.39. The third-order valence-electron chi connectivity index (χ3n) is 2.07. The second kappa shape index (κ2) is 6.18. The first kappa shape index (κ1) is 12.6. The van der Waals surface area contributed by atoms with Crippen LogP contribution in [0.3, 0.4) is 0 Å². The molecule has 3 heteroatoms. The average molecular weight is 222 g/mol. The molecule has 3 nitrogen and oxygen atoms in total. The molecule has 0 aliphatic rings. The van der Waals surface area contributed by atoms with Crippen molar-refractivity contribution in [1.82, 2.24) is 0 Å². The molecule has 1 atom stereocenters. The molecule has 0 aliphatic carbocycles. The van der Waals surface area contributed by atoms with Crippen LogP contribution < -0.4 is 9.47 Å². The summed E-state index contributed by atoms with van der Waals surface area (Å²) in [5.41, 5.74) is 0.898. The van der Waals surface area contributed by atoms with E-state index >= 15 is 0 Å². The zero-order valence-corrected chi connectivity index (χ0v) is 9.93. The molecule has 0 spiro atoms. The molecular formula is C13H18O3. The van der Waals surface area contributed by atoms with Crippen molar-refractivity contribution in [1.29, 1.82) is 0 Å². The normalized spacial score (nSPS) is 12.8. The number of rotatable bonds is 5. The first-order valence-corrected chi connectivity index (χ1v) is 5.35. The lowest BCUT2D eigenvalue weighted by Gasteiger charge is -2.11. The summed E-state index contributed by atoms with van der Waals surface area (Å²) in [6.45, 7) is 4.23. The minimum absolute atomic E-state index is 0.472. The highest BCUT2D eigenvalue weighted by Gasteiger charge is 2.07. The zero-order valence-electron chi connectivity index (χ0n) is 9.93. The summed E-state index contributed by atoms with van der Waals surface area (Å²) >= 11 is 0. The van der Waals surface area contributed by atoms with E-state index in [2.05, 4.69) is 0 Å². The fraction of sp³-hybridized carbons (Fsp3) is 0.385. The molecule has 0 aliphatic heterocycles. The lowest BCUT2D eigenvalue weighted by atomic mass is 10.1. The van der Waals surface area contributed by atoms with Gasteiger partial charge in [0.1, 0.15) is 0 Å². The van der Waals surface area contributed by atoms with Crippen LogP contribution in [0.1, 0.15) is 19.4 Å². The Labute approximate surface area is 96.3 Å². The topological polar surface area (TPSA) is 38.7 Å². The molecule has 1 rings (SSSR count). The van der Waals surface area contributed by atoms with E-state index in [9.17, 15) is 5.11 Å². The predicted octanol–water partition coefficient (Wildman–Crippen LogP) is 2.49. The summed E-state index contributed by atoms with van der Waals surface area (Å²) in [7, 11) is 1.61. The Kier molecular flexibility index (Phi) is 4.86. The molecular weight excluding hydrogens is 204 g/mol. The van der Waals surface area contributed by atoms with E-state index in [0.29, 0.717) is 12.4 Å². The maximum absolute atomic E-state index is 9.19. The van der Waals surface area contributed by atoms with Crippen molar-refractivity contribution in [3.63, 3.8) is 0 Å². The Bertz CT molecular complexity index is 356. The van der Waals surface area contributed by atoms with Crippen molar-refractivity contribution in [2.24, 2.45) is 0 Å².